The van der Waals surface area contributed by atoms with Crippen LogP contribution in [0.3, 0.4) is 0 Å². The minimum Gasteiger partial charge on any atom is -0.345 e. The summed E-state index contributed by atoms with van der Waals surface area (Å²) in [6, 6.07) is 5.49. The number of piperazine rings is 1. The number of pyridine rings is 1. The lowest BCUT2D eigenvalue weighted by atomic mass is 10.2. The topological polar surface area (TPSA) is 62.4 Å². The molecule has 0 spiro atoms. The second-order valence-corrected chi connectivity index (χ2v) is 8.63. The maximum Gasteiger partial charge on any atom is 0.267 e. The molecule has 146 valence electrons. The summed E-state index contributed by atoms with van der Waals surface area (Å²) in [5, 5.41) is 0. The second-order valence-electron chi connectivity index (χ2n) is 6.95. The fourth-order valence-electron chi connectivity index (χ4n) is 3.46. The number of carbonyl (C=O) groups excluding carboxylic acids is 1. The Balaban J connectivity index is 1.86. The molecule has 7 nitrogen and oxygen atoms in total. The van der Waals surface area contributed by atoms with Gasteiger partial charge in [-0.15, -0.1) is 0 Å². The number of hydrogen-bond donors (Lipinski definition) is 1. The molecular weight excluding hydrogens is 394 g/mol. The van der Waals surface area contributed by atoms with E-state index in [1.54, 1.807) is 23.2 Å². The van der Waals surface area contributed by atoms with Crippen molar-refractivity contribution in [2.45, 2.75) is 6.92 Å². The second kappa shape index (κ2) is 7.65. The fourth-order valence-corrected chi connectivity index (χ4v) is 4.83. The molecule has 2 aliphatic rings. The van der Waals surface area contributed by atoms with Gasteiger partial charge in [0.25, 0.3) is 11.5 Å². The summed E-state index contributed by atoms with van der Waals surface area (Å²) in [5.74, 6) is 0.495. The zero-order valence-corrected chi connectivity index (χ0v) is 17.5. The van der Waals surface area contributed by atoms with Crippen LogP contribution >= 0.6 is 24.0 Å². The van der Waals surface area contributed by atoms with Gasteiger partial charge in [0, 0.05) is 12.7 Å². The predicted molar refractivity (Wildman–Crippen MR) is 116 cm³/mol. The molecule has 1 N–H and O–H groups in total. The van der Waals surface area contributed by atoms with Gasteiger partial charge < -0.3 is 9.80 Å². The predicted octanol–water partition coefficient (Wildman–Crippen LogP) is 0.250. The molecule has 28 heavy (non-hydrogen) atoms. The van der Waals surface area contributed by atoms with Crippen LogP contribution < -0.4 is 15.4 Å². The van der Waals surface area contributed by atoms with Gasteiger partial charge in [-0.2, -0.15) is 0 Å². The van der Waals surface area contributed by atoms with Gasteiger partial charge in [-0.05, 0) is 25.1 Å². The van der Waals surface area contributed by atoms with Crippen LogP contribution in [0.15, 0.2) is 34.1 Å². The SMILES string of the molecule is CCN1C(=O)/C(=C/c2c(N3CC[NH+](C)CC3)nc3ccccn3c2=O)SC1=S. The number of hydrogen-bond acceptors (Lipinski definition) is 6. The van der Waals surface area contributed by atoms with Crippen molar-refractivity contribution in [1.29, 1.82) is 0 Å². The first-order valence-electron chi connectivity index (χ1n) is 9.32. The van der Waals surface area contributed by atoms with E-state index in [0.29, 0.717) is 32.8 Å². The molecule has 1 amide bonds. The highest BCUT2D eigenvalue weighted by Crippen LogP contribution is 2.33. The van der Waals surface area contributed by atoms with E-state index in [0.717, 1.165) is 26.2 Å². The average Bonchev–Trinajstić information content (AvgIpc) is 2.97. The molecule has 0 bridgehead atoms. The normalized spacial score (nSPS) is 20.0. The van der Waals surface area contributed by atoms with Crippen LogP contribution in [-0.2, 0) is 4.79 Å². The van der Waals surface area contributed by atoms with Crippen molar-refractivity contribution in [2.75, 3.05) is 44.7 Å². The van der Waals surface area contributed by atoms with Crippen molar-refractivity contribution in [3.05, 3.63) is 45.2 Å². The Morgan fingerprint density at radius 3 is 2.71 bits per heavy atom. The quantitative estimate of drug-likeness (QED) is 0.572. The largest absolute Gasteiger partial charge is 0.345 e. The van der Waals surface area contributed by atoms with Gasteiger partial charge in [0.2, 0.25) is 0 Å². The lowest BCUT2D eigenvalue weighted by Crippen LogP contribution is -3.12. The van der Waals surface area contributed by atoms with Gasteiger partial charge in [0.1, 0.15) is 15.8 Å². The van der Waals surface area contributed by atoms with Crippen molar-refractivity contribution in [3.63, 3.8) is 0 Å². The standard InChI is InChI=1S/C19H21N5O2S2/c1-3-23-18(26)14(28-19(23)27)12-13-16(22-10-8-21(2)9-11-22)20-15-6-4-5-7-24(15)17(13)25/h4-7,12H,3,8-11H2,1-2H3/p+1/b14-12-. The van der Waals surface area contributed by atoms with E-state index < -0.39 is 0 Å². The summed E-state index contributed by atoms with van der Waals surface area (Å²) < 4.78 is 2.05. The first-order valence-corrected chi connectivity index (χ1v) is 10.5. The Morgan fingerprint density at radius 1 is 1.29 bits per heavy atom. The number of rotatable bonds is 3. The molecule has 0 saturated carbocycles. The number of nitrogens with zero attached hydrogens (tertiary/aromatic N) is 4. The zero-order valence-electron chi connectivity index (χ0n) is 15.8. The van der Waals surface area contributed by atoms with Crippen molar-refractivity contribution in [2.24, 2.45) is 0 Å². The molecule has 2 aromatic heterocycles. The Bertz CT molecular complexity index is 1040. The molecule has 2 saturated heterocycles. The smallest absolute Gasteiger partial charge is 0.267 e. The molecule has 2 aliphatic heterocycles. The van der Waals surface area contributed by atoms with E-state index in [9.17, 15) is 9.59 Å². The molecule has 4 heterocycles. The van der Waals surface area contributed by atoms with Gasteiger partial charge in [-0.3, -0.25) is 18.9 Å². The number of thiocarbonyl (C=S) groups is 1. The van der Waals surface area contributed by atoms with E-state index in [1.165, 1.54) is 21.1 Å². The van der Waals surface area contributed by atoms with Crippen LogP contribution in [0.1, 0.15) is 12.5 Å². The molecule has 2 fully saturated rings. The summed E-state index contributed by atoms with van der Waals surface area (Å²) >= 11 is 6.55. The number of anilines is 1. The van der Waals surface area contributed by atoms with Crippen LogP contribution in [0.4, 0.5) is 5.82 Å². The highest BCUT2D eigenvalue weighted by molar-refractivity contribution is 8.26. The van der Waals surface area contributed by atoms with E-state index in [1.807, 2.05) is 19.1 Å². The lowest BCUT2D eigenvalue weighted by molar-refractivity contribution is -0.880. The van der Waals surface area contributed by atoms with Crippen LogP contribution in [0.2, 0.25) is 0 Å². The van der Waals surface area contributed by atoms with Gasteiger partial charge in [-0.1, -0.05) is 30.0 Å². The number of nitrogens with one attached hydrogen (secondary N) is 1. The number of amides is 1. The van der Waals surface area contributed by atoms with Crippen LogP contribution in [0.5, 0.6) is 0 Å². The average molecular weight is 417 g/mol. The van der Waals surface area contributed by atoms with Crippen molar-refractivity contribution < 1.29 is 9.69 Å². The third-order valence-corrected chi connectivity index (χ3v) is 6.51. The van der Waals surface area contributed by atoms with Crippen molar-refractivity contribution >= 4 is 51.7 Å². The van der Waals surface area contributed by atoms with Crippen molar-refractivity contribution in [3.8, 4) is 0 Å². The molecule has 0 aromatic carbocycles. The lowest BCUT2D eigenvalue weighted by Gasteiger charge is -2.31. The van der Waals surface area contributed by atoms with Crippen LogP contribution in [-0.4, -0.2) is 64.3 Å². The molecule has 0 aliphatic carbocycles. The maximum atomic E-state index is 13.3. The van der Waals surface area contributed by atoms with E-state index in [-0.39, 0.29) is 11.5 Å². The summed E-state index contributed by atoms with van der Waals surface area (Å²) in [7, 11) is 2.16. The molecule has 0 atom stereocenters. The van der Waals surface area contributed by atoms with E-state index >= 15 is 0 Å². The third-order valence-electron chi connectivity index (χ3n) is 5.13. The van der Waals surface area contributed by atoms with Gasteiger partial charge in [0.15, 0.2) is 0 Å². The van der Waals surface area contributed by atoms with Crippen LogP contribution in [0.25, 0.3) is 11.7 Å². The van der Waals surface area contributed by atoms with E-state index in [4.69, 9.17) is 17.2 Å². The Hall–Kier alpha value is -2.23. The first-order chi connectivity index (χ1) is 13.5. The molecule has 9 heteroatoms. The summed E-state index contributed by atoms with van der Waals surface area (Å²) in [4.78, 5) is 36.3. The first kappa shape index (κ1) is 19.1. The summed E-state index contributed by atoms with van der Waals surface area (Å²) in [5.41, 5.74) is 0.875. The molecular formula is C19H22N5O2S2+. The highest BCUT2D eigenvalue weighted by Gasteiger charge is 2.32. The maximum absolute atomic E-state index is 13.3. The number of aromatic nitrogens is 2. The number of carbonyl (C=O) groups is 1. The van der Waals surface area contributed by atoms with E-state index in [2.05, 4.69) is 11.9 Å². The Morgan fingerprint density at radius 2 is 2.04 bits per heavy atom. The third kappa shape index (κ3) is 3.34. The van der Waals surface area contributed by atoms with Crippen molar-refractivity contribution in [1.82, 2.24) is 14.3 Å². The number of fused-ring (bicyclic) bond motifs is 1. The molecule has 4 rings (SSSR count). The number of quaternary nitrogens is 1. The van der Waals surface area contributed by atoms with Gasteiger partial charge in [-0.25, -0.2) is 4.98 Å². The minimum atomic E-state index is -0.173. The highest BCUT2D eigenvalue weighted by atomic mass is 32.2. The number of likely N-dealkylation sites (N-methyl/N-ethyl adjacent to an activating group) is 2. The molecule has 0 radical (unpaired) electrons. The van der Waals surface area contributed by atoms with Gasteiger partial charge in [0.05, 0.1) is 43.7 Å². The van der Waals surface area contributed by atoms with Gasteiger partial charge >= 0.3 is 0 Å². The van der Waals surface area contributed by atoms with Crippen LogP contribution in [0, 0.1) is 0 Å². The molecule has 0 unspecified atom stereocenters. The summed E-state index contributed by atoms with van der Waals surface area (Å²) in [6.07, 6.45) is 3.38. The number of thioether (sulfide) groups is 1. The Kier molecular flexibility index (Phi) is 5.22. The zero-order chi connectivity index (χ0) is 19.8. The molecule has 2 aromatic rings. The summed E-state index contributed by atoms with van der Waals surface area (Å²) in [6.45, 7) is 6.00. The fraction of sp³-hybridized carbons (Fsp3) is 0.368. The monoisotopic (exact) mass is 416 g/mol. The Labute approximate surface area is 172 Å². The minimum absolute atomic E-state index is 0.149.